The van der Waals surface area contributed by atoms with Crippen LogP contribution < -0.4 is 0 Å². The molecule has 0 aliphatic carbocycles. The highest BCUT2D eigenvalue weighted by Gasteiger charge is 2.41. The largest absolute Gasteiger partial charge is 0.383 e. The molecule has 1 saturated heterocycles. The second-order valence-corrected chi connectivity index (χ2v) is 5.89. The number of benzene rings is 1. The predicted octanol–water partition coefficient (Wildman–Crippen LogP) is 1.69. The number of aliphatic hydroxyl groups is 1. The van der Waals surface area contributed by atoms with Crippen LogP contribution >= 0.6 is 0 Å². The van der Waals surface area contributed by atoms with Crippen LogP contribution in [-0.2, 0) is 10.4 Å². The zero-order chi connectivity index (χ0) is 16.4. The number of nitrogens with zero attached hydrogens (tertiary/aromatic N) is 2. The number of Topliss-reactive ketones (excluding diaryl/α,β-unsaturated/α-hetero) is 1. The first-order chi connectivity index (χ1) is 11.0. The van der Waals surface area contributed by atoms with Crippen molar-refractivity contribution in [2.45, 2.75) is 18.9 Å². The van der Waals surface area contributed by atoms with Gasteiger partial charge in [-0.25, -0.2) is 0 Å². The molecule has 1 atom stereocenters. The molecule has 1 fully saturated rings. The maximum Gasteiger partial charge on any atom is 0.295 e. The summed E-state index contributed by atoms with van der Waals surface area (Å²) >= 11 is 0. The van der Waals surface area contributed by atoms with Gasteiger partial charge in [0, 0.05) is 24.5 Å². The lowest BCUT2D eigenvalue weighted by atomic mass is 9.89. The van der Waals surface area contributed by atoms with Crippen LogP contribution in [0.2, 0.25) is 0 Å². The lowest BCUT2D eigenvalue weighted by Crippen LogP contribution is -2.38. The summed E-state index contributed by atoms with van der Waals surface area (Å²) in [5.74, 6) is -1.19. The minimum absolute atomic E-state index is 0.128. The normalized spacial score (nSPS) is 20.5. The van der Waals surface area contributed by atoms with Crippen LogP contribution in [0.4, 0.5) is 0 Å². The van der Waals surface area contributed by atoms with Gasteiger partial charge in [-0.3, -0.25) is 14.6 Å². The lowest BCUT2D eigenvalue weighted by molar-refractivity contribution is -0.126. The van der Waals surface area contributed by atoms with E-state index < -0.39 is 17.3 Å². The highest BCUT2D eigenvalue weighted by atomic mass is 16.3. The van der Waals surface area contributed by atoms with Gasteiger partial charge in [0.25, 0.3) is 11.7 Å². The maximum absolute atomic E-state index is 12.4. The molecule has 1 aliphatic rings. The summed E-state index contributed by atoms with van der Waals surface area (Å²) in [6.07, 6.45) is 3.35. The molecule has 0 saturated carbocycles. The number of aryl methyl sites for hydroxylation is 1. The van der Waals surface area contributed by atoms with Gasteiger partial charge in [0.15, 0.2) is 0 Å². The highest BCUT2D eigenvalue weighted by molar-refractivity contribution is 6.42. The van der Waals surface area contributed by atoms with E-state index in [-0.39, 0.29) is 12.1 Å². The molecular formula is C18H18N2O3. The van der Waals surface area contributed by atoms with Gasteiger partial charge in [-0.15, -0.1) is 0 Å². The molecule has 1 N–H and O–H groups in total. The molecule has 0 unspecified atom stereocenters. The number of rotatable bonds is 3. The first-order valence-corrected chi connectivity index (χ1v) is 7.53. The van der Waals surface area contributed by atoms with Crippen LogP contribution in [0.5, 0.6) is 0 Å². The molecule has 1 aliphatic heterocycles. The molecule has 0 bridgehead atoms. The van der Waals surface area contributed by atoms with E-state index in [0.717, 1.165) is 11.1 Å². The molecule has 0 radical (unpaired) electrons. The molecule has 1 aromatic carbocycles. The maximum atomic E-state index is 12.4. The number of carbonyl (C=O) groups is 2. The van der Waals surface area contributed by atoms with E-state index >= 15 is 0 Å². The Labute approximate surface area is 134 Å². The smallest absolute Gasteiger partial charge is 0.295 e. The van der Waals surface area contributed by atoms with Gasteiger partial charge in [0.2, 0.25) is 0 Å². The zero-order valence-electron chi connectivity index (χ0n) is 12.9. The van der Waals surface area contributed by atoms with Crippen LogP contribution in [-0.4, -0.2) is 39.8 Å². The van der Waals surface area contributed by atoms with Gasteiger partial charge in [-0.1, -0.05) is 24.3 Å². The van der Waals surface area contributed by atoms with Crippen LogP contribution in [0.3, 0.4) is 0 Å². The molecular weight excluding hydrogens is 292 g/mol. The summed E-state index contributed by atoms with van der Waals surface area (Å²) in [5.41, 5.74) is 0.951. The van der Waals surface area contributed by atoms with E-state index in [2.05, 4.69) is 4.98 Å². The average Bonchev–Trinajstić information content (AvgIpc) is 2.98. The molecule has 3 rings (SSSR count). The highest BCUT2D eigenvalue weighted by Crippen LogP contribution is 2.33. The number of likely N-dealkylation sites (tertiary alicyclic amines) is 1. The Morgan fingerprint density at radius 2 is 2.00 bits per heavy atom. The minimum atomic E-state index is -1.10. The van der Waals surface area contributed by atoms with Crippen molar-refractivity contribution < 1.29 is 14.7 Å². The molecule has 118 valence electrons. The van der Waals surface area contributed by atoms with Gasteiger partial charge >= 0.3 is 0 Å². The minimum Gasteiger partial charge on any atom is -0.383 e. The molecule has 1 amide bonds. The molecule has 2 aromatic rings. The van der Waals surface area contributed by atoms with Crippen molar-refractivity contribution in [1.82, 2.24) is 9.88 Å². The van der Waals surface area contributed by atoms with Crippen molar-refractivity contribution in [2.24, 2.45) is 0 Å². The van der Waals surface area contributed by atoms with Crippen molar-refractivity contribution in [3.63, 3.8) is 0 Å². The summed E-state index contributed by atoms with van der Waals surface area (Å²) in [5, 5.41) is 10.9. The second kappa shape index (κ2) is 5.93. The number of aromatic nitrogens is 1. The number of carbonyl (C=O) groups excluding carboxylic acids is 2. The average molecular weight is 310 g/mol. The Morgan fingerprint density at radius 3 is 2.70 bits per heavy atom. The summed E-state index contributed by atoms with van der Waals surface area (Å²) in [4.78, 5) is 29.9. The second-order valence-electron chi connectivity index (χ2n) is 5.89. The van der Waals surface area contributed by atoms with E-state index in [9.17, 15) is 14.7 Å². The molecule has 0 spiro atoms. The van der Waals surface area contributed by atoms with Gasteiger partial charge in [-0.2, -0.15) is 0 Å². The van der Waals surface area contributed by atoms with Gasteiger partial charge in [0.05, 0.1) is 6.54 Å². The SMILES string of the molecule is Cc1ccccc1[C@]1(O)CCN(C(=O)C(=O)c2cccnc2)C1. The van der Waals surface area contributed by atoms with Crippen molar-refractivity contribution in [2.75, 3.05) is 13.1 Å². The molecule has 1 aromatic heterocycles. The Bertz CT molecular complexity index is 745. The first-order valence-electron chi connectivity index (χ1n) is 7.53. The van der Waals surface area contributed by atoms with Gasteiger partial charge in [0.1, 0.15) is 5.60 Å². The number of ketones is 1. The van der Waals surface area contributed by atoms with Gasteiger partial charge < -0.3 is 10.0 Å². The van der Waals surface area contributed by atoms with E-state index in [4.69, 9.17) is 0 Å². The number of hydrogen-bond acceptors (Lipinski definition) is 4. The molecule has 5 heteroatoms. The standard InChI is InChI=1S/C18H18N2O3/c1-13-5-2-3-7-15(13)18(23)8-10-20(12-18)17(22)16(21)14-6-4-9-19-11-14/h2-7,9,11,23H,8,10,12H2,1H3/t18-/m0/s1. The van der Waals surface area contributed by atoms with E-state index in [1.807, 2.05) is 31.2 Å². The quantitative estimate of drug-likeness (QED) is 0.692. The number of amides is 1. The fraction of sp³-hybridized carbons (Fsp3) is 0.278. The monoisotopic (exact) mass is 310 g/mol. The Morgan fingerprint density at radius 1 is 1.22 bits per heavy atom. The predicted molar refractivity (Wildman–Crippen MR) is 84.8 cm³/mol. The van der Waals surface area contributed by atoms with Crippen molar-refractivity contribution in [1.29, 1.82) is 0 Å². The van der Waals surface area contributed by atoms with E-state index in [0.29, 0.717) is 13.0 Å². The molecule has 23 heavy (non-hydrogen) atoms. The molecule has 5 nitrogen and oxygen atoms in total. The number of pyridine rings is 1. The van der Waals surface area contributed by atoms with E-state index in [1.54, 1.807) is 18.3 Å². The summed E-state index contributed by atoms with van der Waals surface area (Å²) < 4.78 is 0. The topological polar surface area (TPSA) is 70.5 Å². The van der Waals surface area contributed by atoms with Crippen molar-refractivity contribution in [3.8, 4) is 0 Å². The Hall–Kier alpha value is -2.53. The van der Waals surface area contributed by atoms with Crippen LogP contribution in [0.1, 0.15) is 27.9 Å². The van der Waals surface area contributed by atoms with Crippen LogP contribution in [0.15, 0.2) is 48.8 Å². The lowest BCUT2D eigenvalue weighted by Gasteiger charge is -2.25. The third-order valence-corrected chi connectivity index (χ3v) is 4.30. The summed E-state index contributed by atoms with van der Waals surface area (Å²) in [6, 6.07) is 10.8. The van der Waals surface area contributed by atoms with Gasteiger partial charge in [-0.05, 0) is 36.6 Å². The zero-order valence-corrected chi connectivity index (χ0v) is 12.9. The summed E-state index contributed by atoms with van der Waals surface area (Å²) in [7, 11) is 0. The Kier molecular flexibility index (Phi) is 3.96. The molecule has 2 heterocycles. The van der Waals surface area contributed by atoms with Crippen LogP contribution in [0, 0.1) is 6.92 Å². The number of hydrogen-bond donors (Lipinski definition) is 1. The van der Waals surface area contributed by atoms with Crippen molar-refractivity contribution in [3.05, 3.63) is 65.5 Å². The van der Waals surface area contributed by atoms with Crippen LogP contribution in [0.25, 0.3) is 0 Å². The first kappa shape index (κ1) is 15.4. The van der Waals surface area contributed by atoms with E-state index in [1.165, 1.54) is 11.1 Å². The third-order valence-electron chi connectivity index (χ3n) is 4.30. The fourth-order valence-corrected chi connectivity index (χ4v) is 3.05. The number of β-amino-alcohol motifs (C(OH)–C–C–N with tert-alkyl or cyclic N) is 1. The van der Waals surface area contributed by atoms with Crippen molar-refractivity contribution >= 4 is 11.7 Å². The third kappa shape index (κ3) is 2.87. The Balaban J connectivity index is 1.78. The summed E-state index contributed by atoms with van der Waals surface area (Å²) in [6.45, 7) is 2.41. The fourth-order valence-electron chi connectivity index (χ4n) is 3.05.